The lowest BCUT2D eigenvalue weighted by atomic mass is 10.1. The van der Waals surface area contributed by atoms with Gasteiger partial charge in [-0.3, -0.25) is 4.90 Å². The molecule has 0 spiro atoms. The van der Waals surface area contributed by atoms with Gasteiger partial charge in [0.15, 0.2) is 0 Å². The number of hydrogen-bond acceptors (Lipinski definition) is 6. The zero-order valence-electron chi connectivity index (χ0n) is 20.5. The second-order valence-electron chi connectivity index (χ2n) is 9.62. The molecule has 1 aromatic heterocycles. The molecule has 5 rings (SSSR count). The number of ether oxygens (including phenoxy) is 1. The molecular weight excluding hydrogens is 481 g/mol. The summed E-state index contributed by atoms with van der Waals surface area (Å²) in [4.78, 5) is 9.35. The fraction of sp³-hybridized carbons (Fsp3) is 0.500. The summed E-state index contributed by atoms with van der Waals surface area (Å²) in [6, 6.07) is 14.5. The first-order chi connectivity index (χ1) is 17.5. The SMILES string of the molecule is O=S(=O)(CCCN1CCOCC1)NC1CCN(c2nc3ccccc3n2Cc2cccc(F)c2)CC1. The number of imidazole rings is 1. The van der Waals surface area contributed by atoms with Crippen molar-refractivity contribution in [2.45, 2.75) is 31.8 Å². The molecule has 8 nitrogen and oxygen atoms in total. The summed E-state index contributed by atoms with van der Waals surface area (Å²) in [5.74, 6) is 0.734. The maximum atomic E-state index is 13.8. The van der Waals surface area contributed by atoms with Crippen molar-refractivity contribution in [2.75, 3.05) is 56.6 Å². The Morgan fingerprint density at radius 1 is 1.03 bits per heavy atom. The highest BCUT2D eigenvalue weighted by atomic mass is 32.2. The third kappa shape index (κ3) is 6.23. The Morgan fingerprint density at radius 2 is 1.81 bits per heavy atom. The Bertz CT molecular complexity index is 1270. The van der Waals surface area contributed by atoms with Gasteiger partial charge >= 0.3 is 0 Å². The first-order valence-corrected chi connectivity index (χ1v) is 14.4. The van der Waals surface area contributed by atoms with Gasteiger partial charge in [-0.05, 0) is 55.6 Å². The number of rotatable bonds is 9. The number of aromatic nitrogens is 2. The van der Waals surface area contributed by atoms with Gasteiger partial charge in [-0.25, -0.2) is 22.5 Å². The number of benzene rings is 2. The fourth-order valence-corrected chi connectivity index (χ4v) is 6.46. The van der Waals surface area contributed by atoms with Crippen LogP contribution in [-0.2, 0) is 21.3 Å². The van der Waals surface area contributed by atoms with Gasteiger partial charge in [0, 0.05) is 32.2 Å². The second-order valence-corrected chi connectivity index (χ2v) is 11.5. The minimum absolute atomic E-state index is 0.0734. The van der Waals surface area contributed by atoms with E-state index in [0.717, 1.165) is 55.4 Å². The van der Waals surface area contributed by atoms with Gasteiger partial charge in [0.2, 0.25) is 16.0 Å². The molecule has 2 aliphatic heterocycles. The van der Waals surface area contributed by atoms with Crippen LogP contribution in [0.4, 0.5) is 10.3 Å². The summed E-state index contributed by atoms with van der Waals surface area (Å²) in [6.45, 7) is 5.89. The van der Waals surface area contributed by atoms with E-state index < -0.39 is 10.0 Å². The van der Waals surface area contributed by atoms with Crippen molar-refractivity contribution in [1.82, 2.24) is 19.2 Å². The molecule has 2 fully saturated rings. The number of anilines is 1. The zero-order valence-corrected chi connectivity index (χ0v) is 21.3. The number of nitrogens with zero attached hydrogens (tertiary/aromatic N) is 4. The molecule has 3 heterocycles. The standard InChI is InChI=1S/C26H34FN5O3S/c27-22-6-3-5-21(19-22)20-32-25-8-2-1-7-24(25)28-26(32)31-12-9-23(10-13-31)29-36(33,34)18-4-11-30-14-16-35-17-15-30/h1-3,5-8,19,23,29H,4,9-18,20H2. The zero-order chi connectivity index (χ0) is 25.0. The monoisotopic (exact) mass is 515 g/mol. The van der Waals surface area contributed by atoms with Crippen molar-refractivity contribution < 1.29 is 17.5 Å². The van der Waals surface area contributed by atoms with Crippen molar-refractivity contribution >= 4 is 27.0 Å². The van der Waals surface area contributed by atoms with Crippen molar-refractivity contribution in [3.8, 4) is 0 Å². The van der Waals surface area contributed by atoms with Gasteiger partial charge in [-0.2, -0.15) is 0 Å². The van der Waals surface area contributed by atoms with E-state index >= 15 is 0 Å². The molecule has 36 heavy (non-hydrogen) atoms. The van der Waals surface area contributed by atoms with Crippen LogP contribution in [-0.4, -0.2) is 80.6 Å². The number of halogens is 1. The fourth-order valence-electron chi connectivity index (χ4n) is 5.09. The van der Waals surface area contributed by atoms with Gasteiger partial charge in [-0.15, -0.1) is 0 Å². The van der Waals surface area contributed by atoms with E-state index in [0.29, 0.717) is 38.9 Å². The lowest BCUT2D eigenvalue weighted by molar-refractivity contribution is 0.0381. The Kier molecular flexibility index (Phi) is 7.85. The number of morpholine rings is 1. The molecule has 0 aliphatic carbocycles. The number of nitrogens with one attached hydrogen (secondary N) is 1. The Balaban J connectivity index is 1.20. The molecule has 1 N–H and O–H groups in total. The Hall–Kier alpha value is -2.53. The summed E-state index contributed by atoms with van der Waals surface area (Å²) >= 11 is 0. The van der Waals surface area contributed by atoms with Gasteiger partial charge in [0.25, 0.3) is 0 Å². The third-order valence-electron chi connectivity index (χ3n) is 6.98. The molecule has 2 aromatic carbocycles. The van der Waals surface area contributed by atoms with Crippen LogP contribution in [0.15, 0.2) is 48.5 Å². The molecule has 2 aliphatic rings. The molecule has 0 radical (unpaired) electrons. The van der Waals surface area contributed by atoms with Crippen LogP contribution in [0.1, 0.15) is 24.8 Å². The molecule has 10 heteroatoms. The van der Waals surface area contributed by atoms with Crippen LogP contribution < -0.4 is 9.62 Å². The van der Waals surface area contributed by atoms with E-state index in [1.165, 1.54) is 6.07 Å². The third-order valence-corrected chi connectivity index (χ3v) is 8.50. The van der Waals surface area contributed by atoms with E-state index in [1.54, 1.807) is 12.1 Å². The van der Waals surface area contributed by atoms with Gasteiger partial charge in [0.05, 0.1) is 36.5 Å². The lowest BCUT2D eigenvalue weighted by Gasteiger charge is -2.33. The van der Waals surface area contributed by atoms with Crippen LogP contribution >= 0.6 is 0 Å². The van der Waals surface area contributed by atoms with Crippen LogP contribution in [0.25, 0.3) is 11.0 Å². The van der Waals surface area contributed by atoms with E-state index in [9.17, 15) is 12.8 Å². The van der Waals surface area contributed by atoms with Gasteiger partial charge in [0.1, 0.15) is 5.82 Å². The average molecular weight is 516 g/mol. The second kappa shape index (κ2) is 11.2. The summed E-state index contributed by atoms with van der Waals surface area (Å²) in [7, 11) is -3.32. The predicted octanol–water partition coefficient (Wildman–Crippen LogP) is 2.83. The minimum Gasteiger partial charge on any atom is -0.379 e. The summed E-state index contributed by atoms with van der Waals surface area (Å²) in [5.41, 5.74) is 2.77. The molecule has 0 bridgehead atoms. The number of hydrogen-bond donors (Lipinski definition) is 1. The molecule has 0 unspecified atom stereocenters. The first kappa shape index (κ1) is 25.1. The number of fused-ring (bicyclic) bond motifs is 1. The van der Waals surface area contributed by atoms with Gasteiger partial charge < -0.3 is 14.2 Å². The highest BCUT2D eigenvalue weighted by Crippen LogP contribution is 2.27. The maximum absolute atomic E-state index is 13.8. The predicted molar refractivity (Wildman–Crippen MR) is 139 cm³/mol. The van der Waals surface area contributed by atoms with Gasteiger partial charge in [-0.1, -0.05) is 24.3 Å². The lowest BCUT2D eigenvalue weighted by Crippen LogP contribution is -2.46. The number of sulfonamides is 1. The molecule has 0 amide bonds. The number of para-hydroxylation sites is 2. The summed E-state index contributed by atoms with van der Waals surface area (Å²) < 4.78 is 49.6. The van der Waals surface area contributed by atoms with Crippen molar-refractivity contribution in [1.29, 1.82) is 0 Å². The molecular formula is C26H34FN5O3S. The first-order valence-electron chi connectivity index (χ1n) is 12.7. The summed E-state index contributed by atoms with van der Waals surface area (Å²) in [5, 5.41) is 0. The topological polar surface area (TPSA) is 79.7 Å². The van der Waals surface area contributed by atoms with Crippen LogP contribution in [0, 0.1) is 5.82 Å². The quantitative estimate of drug-likeness (QED) is 0.472. The van der Waals surface area contributed by atoms with E-state index in [-0.39, 0.29) is 17.6 Å². The van der Waals surface area contributed by atoms with Crippen LogP contribution in [0.3, 0.4) is 0 Å². The molecule has 3 aromatic rings. The van der Waals surface area contributed by atoms with Crippen molar-refractivity contribution in [2.24, 2.45) is 0 Å². The molecule has 0 atom stereocenters. The summed E-state index contributed by atoms with van der Waals surface area (Å²) in [6.07, 6.45) is 2.05. The highest BCUT2D eigenvalue weighted by Gasteiger charge is 2.26. The smallest absolute Gasteiger partial charge is 0.211 e. The molecule has 194 valence electrons. The normalized spacial score (nSPS) is 18.2. The maximum Gasteiger partial charge on any atom is 0.211 e. The Labute approximate surface area is 212 Å². The van der Waals surface area contributed by atoms with Crippen molar-refractivity contribution in [3.63, 3.8) is 0 Å². The largest absolute Gasteiger partial charge is 0.379 e. The molecule has 2 saturated heterocycles. The van der Waals surface area contributed by atoms with E-state index in [1.807, 2.05) is 30.3 Å². The molecule has 0 saturated carbocycles. The van der Waals surface area contributed by atoms with E-state index in [2.05, 4.69) is 19.1 Å². The average Bonchev–Trinajstić information content (AvgIpc) is 3.23. The van der Waals surface area contributed by atoms with E-state index in [4.69, 9.17) is 9.72 Å². The van der Waals surface area contributed by atoms with Crippen LogP contribution in [0.5, 0.6) is 0 Å². The highest BCUT2D eigenvalue weighted by molar-refractivity contribution is 7.89. The van der Waals surface area contributed by atoms with Crippen LogP contribution in [0.2, 0.25) is 0 Å². The number of piperidine rings is 1. The van der Waals surface area contributed by atoms with Crippen molar-refractivity contribution in [3.05, 3.63) is 59.9 Å². The minimum atomic E-state index is -3.32. The Morgan fingerprint density at radius 3 is 2.58 bits per heavy atom.